The number of hydrogen-bond donors (Lipinski definition) is 1. The molecule has 3 rings (SSSR count). The number of aryl methyl sites for hydroxylation is 1. The molecule has 0 atom stereocenters. The van der Waals surface area contributed by atoms with Crippen molar-refractivity contribution < 1.29 is 19.4 Å². The normalized spacial score (nSPS) is 10.7. The predicted octanol–water partition coefficient (Wildman–Crippen LogP) is 3.32. The SMILES string of the molecule is COC(=O)c1cccnc1-c1c(C)c2ccccc2n1C(=O)O. The summed E-state index contributed by atoms with van der Waals surface area (Å²) in [5.74, 6) is -0.560. The Morgan fingerprint density at radius 1 is 1.17 bits per heavy atom. The molecule has 0 aliphatic heterocycles. The molecule has 0 fully saturated rings. The fourth-order valence-electron chi connectivity index (χ4n) is 2.75. The number of methoxy groups -OCH3 is 1. The van der Waals surface area contributed by atoms with Crippen molar-refractivity contribution in [1.29, 1.82) is 0 Å². The molecule has 3 aromatic rings. The molecule has 116 valence electrons. The standard InChI is InChI=1S/C17H14N2O4/c1-10-11-6-3-4-8-13(11)19(17(21)22)15(10)14-12(16(20)23-2)7-5-9-18-14/h3-9H,1-2H3,(H,21,22). The van der Waals surface area contributed by atoms with Crippen molar-refractivity contribution in [2.75, 3.05) is 7.11 Å². The van der Waals surface area contributed by atoms with Gasteiger partial charge in [-0.15, -0.1) is 0 Å². The topological polar surface area (TPSA) is 81.4 Å². The molecule has 2 aromatic heterocycles. The molecule has 0 bridgehead atoms. The zero-order valence-corrected chi connectivity index (χ0v) is 12.6. The summed E-state index contributed by atoms with van der Waals surface area (Å²) in [5.41, 5.74) is 2.18. The second-order valence-electron chi connectivity index (χ2n) is 5.00. The highest BCUT2D eigenvalue weighted by Crippen LogP contribution is 2.33. The number of pyridine rings is 1. The van der Waals surface area contributed by atoms with Crippen molar-refractivity contribution in [3.63, 3.8) is 0 Å². The predicted molar refractivity (Wildman–Crippen MR) is 84.7 cm³/mol. The van der Waals surface area contributed by atoms with Crippen molar-refractivity contribution in [2.24, 2.45) is 0 Å². The van der Waals surface area contributed by atoms with Gasteiger partial charge in [0.05, 0.1) is 23.9 Å². The minimum Gasteiger partial charge on any atom is -0.465 e. The monoisotopic (exact) mass is 310 g/mol. The first kappa shape index (κ1) is 14.8. The lowest BCUT2D eigenvalue weighted by atomic mass is 10.1. The van der Waals surface area contributed by atoms with Crippen molar-refractivity contribution >= 4 is 23.0 Å². The molecule has 6 nitrogen and oxygen atoms in total. The van der Waals surface area contributed by atoms with Crippen LogP contribution in [0.25, 0.3) is 22.3 Å². The fourth-order valence-corrected chi connectivity index (χ4v) is 2.75. The van der Waals surface area contributed by atoms with E-state index in [9.17, 15) is 14.7 Å². The van der Waals surface area contributed by atoms with E-state index >= 15 is 0 Å². The Kier molecular flexibility index (Phi) is 3.57. The van der Waals surface area contributed by atoms with Crippen molar-refractivity contribution in [3.05, 3.63) is 53.7 Å². The molecular weight excluding hydrogens is 296 g/mol. The number of esters is 1. The van der Waals surface area contributed by atoms with Gasteiger partial charge in [-0.05, 0) is 30.7 Å². The highest BCUT2D eigenvalue weighted by atomic mass is 16.5. The van der Waals surface area contributed by atoms with Gasteiger partial charge in [-0.2, -0.15) is 0 Å². The number of para-hydroxylation sites is 1. The zero-order chi connectivity index (χ0) is 16.6. The Labute approximate surface area is 131 Å². The van der Waals surface area contributed by atoms with E-state index < -0.39 is 12.1 Å². The number of ether oxygens (including phenoxy) is 1. The molecule has 0 saturated carbocycles. The van der Waals surface area contributed by atoms with E-state index in [1.165, 1.54) is 13.3 Å². The number of rotatable bonds is 2. The van der Waals surface area contributed by atoms with Gasteiger partial charge in [-0.3, -0.25) is 4.98 Å². The molecule has 0 aliphatic rings. The van der Waals surface area contributed by atoms with E-state index in [4.69, 9.17) is 4.74 Å². The maximum Gasteiger partial charge on any atom is 0.416 e. The maximum atomic E-state index is 12.0. The lowest BCUT2D eigenvalue weighted by Crippen LogP contribution is -2.12. The second kappa shape index (κ2) is 5.57. The highest BCUT2D eigenvalue weighted by molar-refractivity contribution is 6.02. The lowest BCUT2D eigenvalue weighted by Gasteiger charge is -2.09. The number of hydrogen-bond acceptors (Lipinski definition) is 4. The van der Waals surface area contributed by atoms with E-state index in [-0.39, 0.29) is 11.3 Å². The number of aromatic nitrogens is 2. The van der Waals surface area contributed by atoms with Crippen LogP contribution in [-0.4, -0.2) is 33.8 Å². The molecule has 0 unspecified atom stereocenters. The molecule has 0 radical (unpaired) electrons. The number of carboxylic acid groups (broad SMARTS) is 1. The molecule has 23 heavy (non-hydrogen) atoms. The summed E-state index contributed by atoms with van der Waals surface area (Å²) in [5, 5.41) is 10.4. The first-order chi connectivity index (χ1) is 11.1. The van der Waals surface area contributed by atoms with Gasteiger partial charge in [-0.1, -0.05) is 18.2 Å². The van der Waals surface area contributed by atoms with Crippen LogP contribution in [0.2, 0.25) is 0 Å². The van der Waals surface area contributed by atoms with Crippen molar-refractivity contribution in [2.45, 2.75) is 6.92 Å². The first-order valence-corrected chi connectivity index (χ1v) is 6.93. The summed E-state index contributed by atoms with van der Waals surface area (Å²) in [7, 11) is 1.28. The van der Waals surface area contributed by atoms with Gasteiger partial charge in [0.15, 0.2) is 0 Å². The van der Waals surface area contributed by atoms with Crippen LogP contribution in [0.15, 0.2) is 42.6 Å². The second-order valence-corrected chi connectivity index (χ2v) is 5.00. The Hall–Kier alpha value is -3.15. The molecule has 1 N–H and O–H groups in total. The Balaban J connectivity index is 2.42. The third-order valence-electron chi connectivity index (χ3n) is 3.76. The molecule has 6 heteroatoms. The van der Waals surface area contributed by atoms with Crippen LogP contribution in [-0.2, 0) is 4.74 Å². The molecule has 0 saturated heterocycles. The Bertz CT molecular complexity index is 927. The number of carbonyl (C=O) groups is 2. The molecule has 0 spiro atoms. The largest absolute Gasteiger partial charge is 0.465 e. The van der Waals surface area contributed by atoms with Crippen LogP contribution in [0.1, 0.15) is 15.9 Å². The van der Waals surface area contributed by atoms with E-state index in [0.717, 1.165) is 15.5 Å². The molecule has 1 aromatic carbocycles. The molecule has 0 aliphatic carbocycles. The quantitative estimate of drug-likeness (QED) is 0.734. The van der Waals surface area contributed by atoms with E-state index in [2.05, 4.69) is 4.98 Å². The lowest BCUT2D eigenvalue weighted by molar-refractivity contribution is 0.0601. The van der Waals surface area contributed by atoms with Crippen LogP contribution >= 0.6 is 0 Å². The highest BCUT2D eigenvalue weighted by Gasteiger charge is 2.24. The summed E-state index contributed by atoms with van der Waals surface area (Å²) in [4.78, 5) is 28.0. The Morgan fingerprint density at radius 3 is 2.61 bits per heavy atom. The average Bonchev–Trinajstić information content (AvgIpc) is 2.87. The summed E-state index contributed by atoms with van der Waals surface area (Å²) >= 11 is 0. The van der Waals surface area contributed by atoms with E-state index in [0.29, 0.717) is 11.2 Å². The minimum atomic E-state index is -1.13. The fraction of sp³-hybridized carbons (Fsp3) is 0.118. The van der Waals surface area contributed by atoms with Crippen LogP contribution in [0.4, 0.5) is 4.79 Å². The van der Waals surface area contributed by atoms with Gasteiger partial charge in [0.2, 0.25) is 0 Å². The summed E-state index contributed by atoms with van der Waals surface area (Å²) < 4.78 is 5.93. The summed E-state index contributed by atoms with van der Waals surface area (Å²) in [6.45, 7) is 1.81. The van der Waals surface area contributed by atoms with Gasteiger partial charge in [0.1, 0.15) is 5.69 Å². The molecule has 0 amide bonds. The smallest absolute Gasteiger partial charge is 0.416 e. The Morgan fingerprint density at radius 2 is 1.91 bits per heavy atom. The van der Waals surface area contributed by atoms with E-state index in [1.807, 2.05) is 19.1 Å². The zero-order valence-electron chi connectivity index (χ0n) is 12.6. The van der Waals surface area contributed by atoms with Crippen LogP contribution in [0.3, 0.4) is 0 Å². The van der Waals surface area contributed by atoms with Gasteiger partial charge in [0.25, 0.3) is 0 Å². The molecular formula is C17H14N2O4. The number of nitrogens with zero attached hydrogens (tertiary/aromatic N) is 2. The number of fused-ring (bicyclic) bond motifs is 1. The van der Waals surface area contributed by atoms with Crippen LogP contribution in [0, 0.1) is 6.92 Å². The van der Waals surface area contributed by atoms with E-state index in [1.54, 1.807) is 24.3 Å². The van der Waals surface area contributed by atoms with Gasteiger partial charge >= 0.3 is 12.1 Å². The molecule has 2 heterocycles. The third-order valence-corrected chi connectivity index (χ3v) is 3.76. The van der Waals surface area contributed by atoms with Crippen LogP contribution in [0.5, 0.6) is 0 Å². The number of benzene rings is 1. The third kappa shape index (κ3) is 2.24. The van der Waals surface area contributed by atoms with Gasteiger partial charge in [0, 0.05) is 11.6 Å². The summed E-state index contributed by atoms with van der Waals surface area (Å²) in [6.07, 6.45) is 0.385. The van der Waals surface area contributed by atoms with Crippen molar-refractivity contribution in [3.8, 4) is 11.4 Å². The first-order valence-electron chi connectivity index (χ1n) is 6.93. The number of carbonyl (C=O) groups excluding carboxylic acids is 1. The van der Waals surface area contributed by atoms with Gasteiger partial charge < -0.3 is 9.84 Å². The maximum absolute atomic E-state index is 12.0. The average molecular weight is 310 g/mol. The van der Waals surface area contributed by atoms with Crippen molar-refractivity contribution in [1.82, 2.24) is 9.55 Å². The minimum absolute atomic E-state index is 0.225. The van der Waals surface area contributed by atoms with Gasteiger partial charge in [-0.25, -0.2) is 14.2 Å². The summed E-state index contributed by atoms with van der Waals surface area (Å²) in [6, 6.07) is 10.3. The van der Waals surface area contributed by atoms with Crippen LogP contribution < -0.4 is 0 Å².